The first-order valence-corrected chi connectivity index (χ1v) is 5.90. The molecule has 1 saturated carbocycles. The van der Waals surface area contributed by atoms with Crippen molar-refractivity contribution < 1.29 is 4.74 Å². The molecule has 0 radical (unpaired) electrons. The Morgan fingerprint density at radius 3 is 3.00 bits per heavy atom. The first-order valence-electron chi connectivity index (χ1n) is 5.90. The van der Waals surface area contributed by atoms with E-state index in [4.69, 9.17) is 10.5 Å². The summed E-state index contributed by atoms with van der Waals surface area (Å²) in [5, 5.41) is 3.44. The Balaban J connectivity index is 1.68. The highest BCUT2D eigenvalue weighted by Gasteiger charge is 2.50. The van der Waals surface area contributed by atoms with E-state index in [0.717, 1.165) is 18.7 Å². The maximum atomic E-state index is 6.17. The van der Waals surface area contributed by atoms with Crippen LogP contribution in [-0.2, 0) is 4.74 Å². The van der Waals surface area contributed by atoms with Crippen molar-refractivity contribution >= 4 is 5.69 Å². The van der Waals surface area contributed by atoms with Gasteiger partial charge in [0.25, 0.3) is 0 Å². The summed E-state index contributed by atoms with van der Waals surface area (Å²) in [6, 6.07) is 4.40. The molecule has 2 heterocycles. The van der Waals surface area contributed by atoms with Crippen molar-refractivity contribution in [3.63, 3.8) is 0 Å². The number of hydrogen-bond acceptors (Lipinski definition) is 4. The molecule has 0 aromatic carbocycles. The zero-order chi connectivity index (χ0) is 11.0. The van der Waals surface area contributed by atoms with Gasteiger partial charge in [0.05, 0.1) is 12.1 Å². The Hall–Kier alpha value is -1.13. The number of anilines is 1. The van der Waals surface area contributed by atoms with Crippen molar-refractivity contribution in [2.24, 2.45) is 11.7 Å². The minimum atomic E-state index is 0.221. The molecule has 1 aromatic rings. The molecule has 2 fully saturated rings. The Bertz CT molecular complexity index is 357. The van der Waals surface area contributed by atoms with Crippen LogP contribution in [0.4, 0.5) is 5.69 Å². The van der Waals surface area contributed by atoms with Crippen LogP contribution in [0, 0.1) is 5.92 Å². The average molecular weight is 219 g/mol. The number of hydrogen-bond donors (Lipinski definition) is 2. The Morgan fingerprint density at radius 1 is 1.38 bits per heavy atom. The lowest BCUT2D eigenvalue weighted by atomic mass is 9.68. The minimum Gasteiger partial charge on any atom is -0.378 e. The van der Waals surface area contributed by atoms with Crippen LogP contribution >= 0.6 is 0 Å². The third-order valence-electron chi connectivity index (χ3n) is 3.69. The average Bonchev–Trinajstić information content (AvgIpc) is 2.37. The third-order valence-corrected chi connectivity index (χ3v) is 3.69. The van der Waals surface area contributed by atoms with Crippen molar-refractivity contribution in [3.8, 4) is 0 Å². The van der Waals surface area contributed by atoms with Crippen LogP contribution in [0.5, 0.6) is 0 Å². The zero-order valence-electron chi connectivity index (χ0n) is 9.17. The Kier molecular flexibility index (Phi) is 2.53. The standard InChI is InChI=1S/C12H17N3O/c13-10-9-2-1-7-16-12(9)11(10)15-8-3-5-14-6-4-8/h3-6,9-12H,1-2,7,13H2,(H,14,15). The van der Waals surface area contributed by atoms with E-state index in [1.54, 1.807) is 12.4 Å². The van der Waals surface area contributed by atoms with E-state index in [1.165, 1.54) is 6.42 Å². The first-order chi connectivity index (χ1) is 7.86. The lowest BCUT2D eigenvalue weighted by molar-refractivity contribution is -0.104. The van der Waals surface area contributed by atoms with Gasteiger partial charge in [0.1, 0.15) is 0 Å². The van der Waals surface area contributed by atoms with Crippen LogP contribution in [-0.4, -0.2) is 29.8 Å². The number of nitrogens with two attached hydrogens (primary N) is 1. The van der Waals surface area contributed by atoms with Crippen LogP contribution < -0.4 is 11.1 Å². The summed E-state index contributed by atoms with van der Waals surface area (Å²) >= 11 is 0. The molecule has 1 aromatic heterocycles. The summed E-state index contributed by atoms with van der Waals surface area (Å²) in [4.78, 5) is 3.99. The van der Waals surface area contributed by atoms with E-state index in [1.807, 2.05) is 12.1 Å². The van der Waals surface area contributed by atoms with Gasteiger partial charge in [-0.15, -0.1) is 0 Å². The van der Waals surface area contributed by atoms with Gasteiger partial charge in [-0.1, -0.05) is 0 Å². The smallest absolute Gasteiger partial charge is 0.0834 e. The fourth-order valence-corrected chi connectivity index (χ4v) is 2.77. The highest BCUT2D eigenvalue weighted by Crippen LogP contribution is 2.38. The Morgan fingerprint density at radius 2 is 2.19 bits per heavy atom. The van der Waals surface area contributed by atoms with E-state index >= 15 is 0 Å². The molecule has 4 nitrogen and oxygen atoms in total. The van der Waals surface area contributed by atoms with Crippen molar-refractivity contribution in [2.45, 2.75) is 31.0 Å². The number of nitrogens with zero attached hydrogens (tertiary/aromatic N) is 1. The highest BCUT2D eigenvalue weighted by atomic mass is 16.5. The lowest BCUT2D eigenvalue weighted by Crippen LogP contribution is -2.69. The van der Waals surface area contributed by atoms with Crippen molar-refractivity contribution in [3.05, 3.63) is 24.5 Å². The van der Waals surface area contributed by atoms with Gasteiger partial charge in [-0.3, -0.25) is 4.98 Å². The molecule has 4 unspecified atom stereocenters. The summed E-state index contributed by atoms with van der Waals surface area (Å²) < 4.78 is 5.77. The molecule has 16 heavy (non-hydrogen) atoms. The predicted octanol–water partition coefficient (Wildman–Crippen LogP) is 0.998. The maximum absolute atomic E-state index is 6.17. The van der Waals surface area contributed by atoms with E-state index in [0.29, 0.717) is 12.0 Å². The van der Waals surface area contributed by atoms with Gasteiger partial charge in [0.15, 0.2) is 0 Å². The number of aromatic nitrogens is 1. The van der Waals surface area contributed by atoms with Gasteiger partial charge in [-0.25, -0.2) is 0 Å². The molecular formula is C12H17N3O. The second-order valence-corrected chi connectivity index (χ2v) is 4.62. The number of fused-ring (bicyclic) bond motifs is 1. The second kappa shape index (κ2) is 4.03. The molecule has 3 rings (SSSR count). The normalized spacial score (nSPS) is 37.3. The summed E-state index contributed by atoms with van der Waals surface area (Å²) in [7, 11) is 0. The third kappa shape index (κ3) is 1.58. The predicted molar refractivity (Wildman–Crippen MR) is 62.1 cm³/mol. The molecule has 0 bridgehead atoms. The molecule has 4 atom stereocenters. The van der Waals surface area contributed by atoms with Gasteiger partial charge >= 0.3 is 0 Å². The van der Waals surface area contributed by atoms with Crippen LogP contribution in [0.2, 0.25) is 0 Å². The number of nitrogens with one attached hydrogen (secondary N) is 1. The van der Waals surface area contributed by atoms with Crippen molar-refractivity contribution in [2.75, 3.05) is 11.9 Å². The molecule has 86 valence electrons. The topological polar surface area (TPSA) is 60.2 Å². The van der Waals surface area contributed by atoms with Crippen molar-refractivity contribution in [1.29, 1.82) is 0 Å². The van der Waals surface area contributed by atoms with Gasteiger partial charge < -0.3 is 15.8 Å². The molecule has 1 aliphatic heterocycles. The van der Waals surface area contributed by atoms with Gasteiger partial charge in [0, 0.05) is 36.6 Å². The van der Waals surface area contributed by atoms with Crippen molar-refractivity contribution in [1.82, 2.24) is 4.98 Å². The van der Waals surface area contributed by atoms with Crippen LogP contribution in [0.3, 0.4) is 0 Å². The number of ether oxygens (including phenoxy) is 1. The van der Waals surface area contributed by atoms with Gasteiger partial charge in [-0.2, -0.15) is 0 Å². The largest absolute Gasteiger partial charge is 0.378 e. The molecule has 4 heteroatoms. The molecule has 1 saturated heterocycles. The molecule has 0 amide bonds. The lowest BCUT2D eigenvalue weighted by Gasteiger charge is -2.52. The highest BCUT2D eigenvalue weighted by molar-refractivity contribution is 5.44. The van der Waals surface area contributed by atoms with Crippen LogP contribution in [0.15, 0.2) is 24.5 Å². The van der Waals surface area contributed by atoms with Gasteiger partial charge in [-0.05, 0) is 25.0 Å². The summed E-state index contributed by atoms with van der Waals surface area (Å²) in [6.07, 6.45) is 6.23. The fraction of sp³-hybridized carbons (Fsp3) is 0.583. The second-order valence-electron chi connectivity index (χ2n) is 4.62. The maximum Gasteiger partial charge on any atom is 0.0834 e. The fourth-order valence-electron chi connectivity index (χ4n) is 2.77. The number of rotatable bonds is 2. The van der Waals surface area contributed by atoms with E-state index in [-0.39, 0.29) is 12.1 Å². The number of pyridine rings is 1. The van der Waals surface area contributed by atoms with Crippen LogP contribution in [0.25, 0.3) is 0 Å². The van der Waals surface area contributed by atoms with Crippen LogP contribution in [0.1, 0.15) is 12.8 Å². The van der Waals surface area contributed by atoms with E-state index in [9.17, 15) is 0 Å². The van der Waals surface area contributed by atoms with Gasteiger partial charge in [0.2, 0.25) is 0 Å². The molecular weight excluding hydrogens is 202 g/mol. The summed E-state index contributed by atoms with van der Waals surface area (Å²) in [6.45, 7) is 0.877. The summed E-state index contributed by atoms with van der Waals surface area (Å²) in [5.74, 6) is 0.549. The molecule has 2 aliphatic rings. The SMILES string of the molecule is NC1C2CCCOC2C1Nc1ccncc1. The molecule has 0 spiro atoms. The molecule has 3 N–H and O–H groups in total. The quantitative estimate of drug-likeness (QED) is 0.779. The zero-order valence-corrected chi connectivity index (χ0v) is 9.17. The summed E-state index contributed by atoms with van der Waals surface area (Å²) in [5.41, 5.74) is 7.24. The molecule has 1 aliphatic carbocycles. The first kappa shape index (κ1) is 10.1. The van der Waals surface area contributed by atoms with E-state index in [2.05, 4.69) is 10.3 Å². The minimum absolute atomic E-state index is 0.221. The van der Waals surface area contributed by atoms with E-state index < -0.39 is 0 Å². The monoisotopic (exact) mass is 219 g/mol. The Labute approximate surface area is 95.2 Å².